The maximum atomic E-state index is 11.7. The lowest BCUT2D eigenvalue weighted by Crippen LogP contribution is -2.48. The van der Waals surface area contributed by atoms with Crippen molar-refractivity contribution in [2.75, 3.05) is 32.5 Å². The molecule has 0 amide bonds. The fourth-order valence-electron chi connectivity index (χ4n) is 3.81. The SMILES string of the molecule is COC(=O)c1c(N)nc(C2CCN3C[C@@H](CO)CC[C@H]3C2)nc1Cl. The maximum Gasteiger partial charge on any atom is 0.344 e. The van der Waals surface area contributed by atoms with Gasteiger partial charge in [-0.15, -0.1) is 0 Å². The Morgan fingerprint density at radius 1 is 1.42 bits per heavy atom. The Bertz CT molecular complexity index is 604. The van der Waals surface area contributed by atoms with E-state index in [-0.39, 0.29) is 29.1 Å². The lowest BCUT2D eigenvalue weighted by Gasteiger charge is -2.44. The zero-order chi connectivity index (χ0) is 17.3. The topological polar surface area (TPSA) is 102 Å². The number of aliphatic hydroxyl groups excluding tert-OH is 1. The fraction of sp³-hybridized carbons (Fsp3) is 0.688. The molecule has 1 aromatic heterocycles. The monoisotopic (exact) mass is 354 g/mol. The molecule has 2 fully saturated rings. The van der Waals surface area contributed by atoms with Crippen LogP contribution in [0.5, 0.6) is 0 Å². The van der Waals surface area contributed by atoms with Gasteiger partial charge in [-0.3, -0.25) is 4.90 Å². The van der Waals surface area contributed by atoms with E-state index < -0.39 is 5.97 Å². The summed E-state index contributed by atoms with van der Waals surface area (Å²) >= 11 is 6.13. The van der Waals surface area contributed by atoms with Gasteiger partial charge in [-0.1, -0.05) is 11.6 Å². The summed E-state index contributed by atoms with van der Waals surface area (Å²) in [5, 5.41) is 9.40. The Balaban J connectivity index is 1.75. The highest BCUT2D eigenvalue weighted by atomic mass is 35.5. The first kappa shape index (κ1) is 17.4. The van der Waals surface area contributed by atoms with E-state index in [1.165, 1.54) is 7.11 Å². The number of carbonyl (C=O) groups is 1. The van der Waals surface area contributed by atoms with E-state index in [1.807, 2.05) is 0 Å². The van der Waals surface area contributed by atoms with Crippen molar-refractivity contribution in [1.82, 2.24) is 14.9 Å². The lowest BCUT2D eigenvalue weighted by atomic mass is 9.82. The number of carbonyl (C=O) groups excluding carboxylic acids is 1. The number of aliphatic hydroxyl groups is 1. The molecule has 3 N–H and O–H groups in total. The summed E-state index contributed by atoms with van der Waals surface area (Å²) in [6, 6.07) is 0.482. The average Bonchev–Trinajstić information content (AvgIpc) is 2.59. The molecule has 24 heavy (non-hydrogen) atoms. The zero-order valence-electron chi connectivity index (χ0n) is 13.7. The number of nitrogens with two attached hydrogens (primary N) is 1. The lowest BCUT2D eigenvalue weighted by molar-refractivity contribution is 0.0440. The van der Waals surface area contributed by atoms with Crippen molar-refractivity contribution in [3.8, 4) is 0 Å². The van der Waals surface area contributed by atoms with E-state index in [1.54, 1.807) is 0 Å². The van der Waals surface area contributed by atoms with Gasteiger partial charge in [-0.05, 0) is 38.1 Å². The number of nitrogen functional groups attached to an aromatic ring is 1. The number of rotatable bonds is 3. The number of methoxy groups -OCH3 is 1. The van der Waals surface area contributed by atoms with Crippen LogP contribution in [-0.4, -0.2) is 58.8 Å². The number of anilines is 1. The molecule has 0 saturated carbocycles. The van der Waals surface area contributed by atoms with Gasteiger partial charge in [0.15, 0.2) is 0 Å². The van der Waals surface area contributed by atoms with Crippen molar-refractivity contribution in [2.24, 2.45) is 5.92 Å². The smallest absolute Gasteiger partial charge is 0.344 e. The molecule has 3 heterocycles. The minimum absolute atomic E-state index is 0.0313. The Labute approximate surface area is 146 Å². The van der Waals surface area contributed by atoms with Crippen LogP contribution in [0, 0.1) is 5.92 Å². The summed E-state index contributed by atoms with van der Waals surface area (Å²) in [5.74, 6) is 0.625. The van der Waals surface area contributed by atoms with Gasteiger partial charge in [0.25, 0.3) is 0 Å². The summed E-state index contributed by atoms with van der Waals surface area (Å²) in [4.78, 5) is 22.8. The Hall–Kier alpha value is -1.44. The Morgan fingerprint density at radius 2 is 2.21 bits per heavy atom. The van der Waals surface area contributed by atoms with E-state index in [9.17, 15) is 9.90 Å². The van der Waals surface area contributed by atoms with Crippen molar-refractivity contribution >= 4 is 23.4 Å². The molecule has 0 aliphatic carbocycles. The van der Waals surface area contributed by atoms with Crippen LogP contribution in [0.2, 0.25) is 5.15 Å². The van der Waals surface area contributed by atoms with Gasteiger partial charge in [0, 0.05) is 25.1 Å². The number of aromatic nitrogens is 2. The number of fused-ring (bicyclic) bond motifs is 1. The highest BCUT2D eigenvalue weighted by Crippen LogP contribution is 2.36. The summed E-state index contributed by atoms with van der Waals surface area (Å²) < 4.78 is 4.66. The largest absolute Gasteiger partial charge is 0.465 e. The van der Waals surface area contributed by atoms with Crippen LogP contribution in [0.4, 0.5) is 5.82 Å². The van der Waals surface area contributed by atoms with Gasteiger partial charge in [-0.2, -0.15) is 0 Å². The molecule has 0 radical (unpaired) electrons. The molecular weight excluding hydrogens is 332 g/mol. The Kier molecular flexibility index (Phi) is 5.22. The average molecular weight is 355 g/mol. The van der Waals surface area contributed by atoms with Gasteiger partial charge < -0.3 is 15.6 Å². The second kappa shape index (κ2) is 7.21. The van der Waals surface area contributed by atoms with Gasteiger partial charge in [0.2, 0.25) is 0 Å². The summed E-state index contributed by atoms with van der Waals surface area (Å²) in [7, 11) is 1.27. The van der Waals surface area contributed by atoms with Crippen LogP contribution >= 0.6 is 11.6 Å². The van der Waals surface area contributed by atoms with Gasteiger partial charge in [0.05, 0.1) is 7.11 Å². The number of esters is 1. The van der Waals surface area contributed by atoms with E-state index >= 15 is 0 Å². The van der Waals surface area contributed by atoms with Crippen molar-refractivity contribution in [2.45, 2.75) is 37.6 Å². The van der Waals surface area contributed by atoms with Crippen LogP contribution < -0.4 is 5.73 Å². The molecule has 3 rings (SSSR count). The summed E-state index contributed by atoms with van der Waals surface area (Å²) in [5.41, 5.74) is 5.93. The summed E-state index contributed by atoms with van der Waals surface area (Å²) in [6.45, 7) is 2.17. The van der Waals surface area contributed by atoms with Crippen molar-refractivity contribution in [3.05, 3.63) is 16.5 Å². The van der Waals surface area contributed by atoms with E-state index in [0.717, 1.165) is 38.8 Å². The molecule has 132 valence electrons. The van der Waals surface area contributed by atoms with Crippen LogP contribution in [0.1, 0.15) is 47.8 Å². The molecule has 2 saturated heterocycles. The van der Waals surface area contributed by atoms with E-state index in [2.05, 4.69) is 19.6 Å². The number of nitrogens with zero attached hydrogens (tertiary/aromatic N) is 3. The standard InChI is InChI=1S/C16H23ClN4O3/c1-24-16(23)12-13(17)19-15(20-14(12)18)10-4-5-21-7-9(8-22)2-3-11(21)6-10/h9-11,22H,2-8H2,1H3,(H2,18,19,20)/t9-,10?,11-/m0/s1. The first-order valence-corrected chi connectivity index (χ1v) is 8.67. The molecule has 8 heteroatoms. The molecule has 1 unspecified atom stereocenters. The minimum Gasteiger partial charge on any atom is -0.465 e. The normalized spacial score (nSPS) is 27.5. The second-order valence-corrected chi connectivity index (χ2v) is 6.98. The van der Waals surface area contributed by atoms with Crippen molar-refractivity contribution in [3.63, 3.8) is 0 Å². The second-order valence-electron chi connectivity index (χ2n) is 6.62. The maximum absolute atomic E-state index is 11.7. The first-order valence-electron chi connectivity index (χ1n) is 8.29. The Morgan fingerprint density at radius 3 is 2.88 bits per heavy atom. The number of halogens is 1. The molecule has 2 aliphatic rings. The van der Waals surface area contributed by atoms with Crippen LogP contribution in [-0.2, 0) is 4.74 Å². The molecule has 1 aromatic rings. The molecular formula is C16H23ClN4O3. The van der Waals surface area contributed by atoms with Crippen LogP contribution in [0.25, 0.3) is 0 Å². The third kappa shape index (κ3) is 3.34. The van der Waals surface area contributed by atoms with Gasteiger partial charge in [-0.25, -0.2) is 14.8 Å². The number of hydrogen-bond acceptors (Lipinski definition) is 7. The van der Waals surface area contributed by atoms with Crippen LogP contribution in [0.15, 0.2) is 0 Å². The fourth-order valence-corrected chi connectivity index (χ4v) is 4.08. The van der Waals surface area contributed by atoms with E-state index in [4.69, 9.17) is 17.3 Å². The molecule has 0 bridgehead atoms. The number of ether oxygens (including phenoxy) is 1. The van der Waals surface area contributed by atoms with Crippen molar-refractivity contribution in [1.29, 1.82) is 0 Å². The third-order valence-electron chi connectivity index (χ3n) is 5.16. The van der Waals surface area contributed by atoms with E-state index in [0.29, 0.717) is 17.8 Å². The highest BCUT2D eigenvalue weighted by Gasteiger charge is 2.35. The minimum atomic E-state index is -0.624. The molecule has 2 aliphatic heterocycles. The quantitative estimate of drug-likeness (QED) is 0.625. The molecule has 0 spiro atoms. The van der Waals surface area contributed by atoms with Gasteiger partial charge >= 0.3 is 5.97 Å². The van der Waals surface area contributed by atoms with Crippen LogP contribution in [0.3, 0.4) is 0 Å². The first-order chi connectivity index (χ1) is 11.5. The molecule has 0 aromatic carbocycles. The highest BCUT2D eigenvalue weighted by molar-refractivity contribution is 6.33. The van der Waals surface area contributed by atoms with Gasteiger partial charge in [0.1, 0.15) is 22.4 Å². The number of piperidine rings is 2. The third-order valence-corrected chi connectivity index (χ3v) is 5.44. The predicted octanol–water partition coefficient (Wildman–Crippen LogP) is 1.45. The molecule has 7 nitrogen and oxygen atoms in total. The predicted molar refractivity (Wildman–Crippen MR) is 89.9 cm³/mol. The summed E-state index contributed by atoms with van der Waals surface area (Å²) in [6.07, 6.45) is 3.99. The molecule has 3 atom stereocenters. The zero-order valence-corrected chi connectivity index (χ0v) is 14.5. The van der Waals surface area contributed by atoms with Crippen molar-refractivity contribution < 1.29 is 14.6 Å². The number of hydrogen-bond donors (Lipinski definition) is 2.